The van der Waals surface area contributed by atoms with Gasteiger partial charge in [0.25, 0.3) is 5.56 Å². The summed E-state index contributed by atoms with van der Waals surface area (Å²) < 4.78 is 38.8. The highest BCUT2D eigenvalue weighted by Gasteiger charge is 2.32. The number of aromatic nitrogens is 3. The fraction of sp³-hybridized carbons (Fsp3) is 0.250. The number of rotatable bonds is 3. The predicted octanol–water partition coefficient (Wildman–Crippen LogP) is 0.962. The van der Waals surface area contributed by atoms with Crippen molar-refractivity contribution in [2.45, 2.75) is 12.7 Å². The van der Waals surface area contributed by atoms with Crippen molar-refractivity contribution in [1.82, 2.24) is 14.6 Å². The number of nitrogens with one attached hydrogen (secondary N) is 1. The van der Waals surface area contributed by atoms with Crippen LogP contribution in [-0.2, 0) is 12.7 Å². The van der Waals surface area contributed by atoms with E-state index in [0.29, 0.717) is 12.3 Å². The smallest absolute Gasteiger partial charge is 0.326 e. The first-order chi connectivity index (χ1) is 10.6. The molecule has 0 aliphatic carbocycles. The summed E-state index contributed by atoms with van der Waals surface area (Å²) in [5, 5.41) is 0.787. The summed E-state index contributed by atoms with van der Waals surface area (Å²) in [4.78, 5) is 29.0. The molecule has 0 radical (unpaired) electrons. The molecule has 0 aliphatic heterocycles. The van der Waals surface area contributed by atoms with Crippen LogP contribution in [0.3, 0.4) is 0 Å². The molecule has 124 valence electrons. The number of alkyl halides is 3. The quantitative estimate of drug-likeness (QED) is 0.860. The molecule has 2 aromatic rings. The van der Waals surface area contributed by atoms with Crippen molar-refractivity contribution in [2.75, 3.05) is 12.1 Å². The van der Waals surface area contributed by atoms with Gasteiger partial charge in [0.1, 0.15) is 0 Å². The molecule has 2 rings (SSSR count). The maximum atomic E-state index is 12.6. The highest BCUT2D eigenvalue weighted by atomic mass is 35.5. The second-order valence-corrected chi connectivity index (χ2v) is 4.92. The molecule has 3 N–H and O–H groups in total. The predicted molar refractivity (Wildman–Crippen MR) is 77.3 cm³/mol. The van der Waals surface area contributed by atoms with E-state index in [0.717, 1.165) is 15.9 Å². The number of nitrogens with two attached hydrogens (primary N) is 1. The van der Waals surface area contributed by atoms with E-state index in [4.69, 9.17) is 17.3 Å². The second kappa shape index (κ2) is 6.05. The Morgan fingerprint density at radius 3 is 2.61 bits per heavy atom. The lowest BCUT2D eigenvalue weighted by Gasteiger charge is -2.22. The third-order valence-corrected chi connectivity index (χ3v) is 3.28. The number of H-pyrrole nitrogens is 1. The van der Waals surface area contributed by atoms with Gasteiger partial charge in [0.2, 0.25) is 0 Å². The number of aromatic amines is 1. The monoisotopic (exact) mass is 349 g/mol. The molecule has 0 atom stereocenters. The molecular formula is C12H11ClF3N5O2. The topological polar surface area (TPSA) is 97.0 Å². The minimum atomic E-state index is -4.59. The van der Waals surface area contributed by atoms with Gasteiger partial charge >= 0.3 is 11.9 Å². The van der Waals surface area contributed by atoms with Gasteiger partial charge in [0.05, 0.1) is 10.6 Å². The zero-order valence-corrected chi connectivity index (χ0v) is 12.4. The van der Waals surface area contributed by atoms with Crippen LogP contribution in [0.5, 0.6) is 0 Å². The van der Waals surface area contributed by atoms with Gasteiger partial charge in [-0.3, -0.25) is 14.8 Å². The van der Waals surface area contributed by atoms with E-state index < -0.39 is 23.0 Å². The highest BCUT2D eigenvalue weighted by molar-refractivity contribution is 6.33. The number of anilines is 1. The van der Waals surface area contributed by atoms with Crippen LogP contribution in [0.4, 0.5) is 19.0 Å². The number of pyridine rings is 1. The van der Waals surface area contributed by atoms with Crippen LogP contribution >= 0.6 is 11.6 Å². The normalized spacial score (nSPS) is 11.6. The average molecular weight is 350 g/mol. The molecular weight excluding hydrogens is 339 g/mol. The van der Waals surface area contributed by atoms with Crippen LogP contribution in [0.25, 0.3) is 0 Å². The Labute approximate surface area is 132 Å². The fourth-order valence-corrected chi connectivity index (χ4v) is 2.08. The molecule has 7 nitrogen and oxygen atoms in total. The van der Waals surface area contributed by atoms with Gasteiger partial charge in [-0.15, -0.1) is 0 Å². The van der Waals surface area contributed by atoms with Crippen molar-refractivity contribution in [1.29, 1.82) is 0 Å². The number of nitrogens with zero attached hydrogens (tertiary/aromatic N) is 3. The lowest BCUT2D eigenvalue weighted by atomic mass is 10.3. The lowest BCUT2D eigenvalue weighted by Crippen LogP contribution is -2.41. The summed E-state index contributed by atoms with van der Waals surface area (Å²) in [7, 11) is 1.35. The summed E-state index contributed by atoms with van der Waals surface area (Å²) >= 11 is 5.82. The van der Waals surface area contributed by atoms with Crippen LogP contribution in [0.2, 0.25) is 5.02 Å². The Hall–Kier alpha value is -2.33. The Morgan fingerprint density at radius 2 is 2.09 bits per heavy atom. The Balaban J connectivity index is 2.51. The van der Waals surface area contributed by atoms with Crippen molar-refractivity contribution < 1.29 is 13.2 Å². The van der Waals surface area contributed by atoms with Gasteiger partial charge in [-0.1, -0.05) is 11.6 Å². The van der Waals surface area contributed by atoms with E-state index in [2.05, 4.69) is 4.98 Å². The van der Waals surface area contributed by atoms with Gasteiger partial charge in [-0.2, -0.15) is 13.2 Å². The van der Waals surface area contributed by atoms with Gasteiger partial charge in [-0.25, -0.2) is 14.5 Å². The Kier molecular flexibility index (Phi) is 4.48. The Morgan fingerprint density at radius 1 is 1.43 bits per heavy atom. The molecule has 0 unspecified atom stereocenters. The molecule has 11 heteroatoms. The van der Waals surface area contributed by atoms with Gasteiger partial charge < -0.3 is 5.73 Å². The van der Waals surface area contributed by atoms with Crippen LogP contribution < -0.4 is 22.0 Å². The molecule has 0 aliphatic rings. The van der Waals surface area contributed by atoms with Gasteiger partial charge in [-0.05, 0) is 6.07 Å². The average Bonchev–Trinajstić information content (AvgIpc) is 2.45. The molecule has 0 aromatic carbocycles. The largest absolute Gasteiger partial charge is 0.417 e. The number of hydrogen-bond acceptors (Lipinski definition) is 5. The third kappa shape index (κ3) is 3.37. The fourth-order valence-electron chi connectivity index (χ4n) is 1.79. The van der Waals surface area contributed by atoms with Crippen molar-refractivity contribution in [3.05, 3.63) is 55.4 Å². The van der Waals surface area contributed by atoms with Crippen molar-refractivity contribution >= 4 is 17.4 Å². The van der Waals surface area contributed by atoms with E-state index in [1.165, 1.54) is 7.05 Å². The minimum Gasteiger partial charge on any atom is -0.326 e. The third-order valence-electron chi connectivity index (χ3n) is 3.00. The first-order valence-corrected chi connectivity index (χ1v) is 6.54. The van der Waals surface area contributed by atoms with Gasteiger partial charge in [0.15, 0.2) is 5.82 Å². The zero-order valence-electron chi connectivity index (χ0n) is 11.7. The first-order valence-electron chi connectivity index (χ1n) is 6.17. The molecule has 0 saturated carbocycles. The van der Waals surface area contributed by atoms with Crippen LogP contribution in [0.1, 0.15) is 11.1 Å². The van der Waals surface area contributed by atoms with E-state index in [-0.39, 0.29) is 22.9 Å². The SMILES string of the molecule is CN(c1ncc(C(F)(F)F)cc1Cl)n1cc(CN)c(=O)[nH]c1=O. The summed E-state index contributed by atoms with van der Waals surface area (Å²) in [5.74, 6) is -0.100. The molecule has 2 aromatic heterocycles. The van der Waals surface area contributed by atoms with Gasteiger partial charge in [0, 0.05) is 31.5 Å². The molecule has 0 bridgehead atoms. The molecule has 0 spiro atoms. The molecule has 0 amide bonds. The molecule has 0 fully saturated rings. The maximum Gasteiger partial charge on any atom is 0.417 e. The maximum absolute atomic E-state index is 12.6. The number of hydrogen-bond donors (Lipinski definition) is 2. The standard InChI is InChI=1S/C12H11ClF3N5O2/c1-20(21-5-6(3-17)10(22)19-11(21)23)9-8(13)2-7(4-18-9)12(14,15)16/h2,4-5H,3,17H2,1H3,(H,19,22,23). The molecule has 2 heterocycles. The summed E-state index contributed by atoms with van der Waals surface area (Å²) in [6.45, 7) is -0.127. The minimum absolute atomic E-state index is 0.100. The Bertz CT molecular complexity index is 846. The first kappa shape index (κ1) is 17.0. The van der Waals surface area contributed by atoms with E-state index in [1.54, 1.807) is 0 Å². The zero-order chi connectivity index (χ0) is 17.4. The summed E-state index contributed by atoms with van der Waals surface area (Å²) in [6.07, 6.45) is -2.83. The summed E-state index contributed by atoms with van der Waals surface area (Å²) in [6, 6.07) is 0.695. The van der Waals surface area contributed by atoms with Crippen molar-refractivity contribution in [2.24, 2.45) is 5.73 Å². The summed E-state index contributed by atoms with van der Waals surface area (Å²) in [5.41, 5.74) is 3.02. The van der Waals surface area contributed by atoms with Crippen LogP contribution in [0.15, 0.2) is 28.0 Å². The van der Waals surface area contributed by atoms with Crippen molar-refractivity contribution in [3.63, 3.8) is 0 Å². The van der Waals surface area contributed by atoms with Crippen LogP contribution in [0, 0.1) is 0 Å². The number of halogens is 4. The molecule has 23 heavy (non-hydrogen) atoms. The van der Waals surface area contributed by atoms with E-state index in [1.807, 2.05) is 4.98 Å². The van der Waals surface area contributed by atoms with E-state index in [9.17, 15) is 22.8 Å². The van der Waals surface area contributed by atoms with Crippen molar-refractivity contribution in [3.8, 4) is 0 Å². The highest BCUT2D eigenvalue weighted by Crippen LogP contribution is 2.33. The lowest BCUT2D eigenvalue weighted by molar-refractivity contribution is -0.137. The molecule has 0 saturated heterocycles. The van der Waals surface area contributed by atoms with Crippen LogP contribution in [-0.4, -0.2) is 21.7 Å². The van der Waals surface area contributed by atoms with E-state index >= 15 is 0 Å². The second-order valence-electron chi connectivity index (χ2n) is 4.51.